The van der Waals surface area contributed by atoms with Gasteiger partial charge in [-0.3, -0.25) is 0 Å². The van der Waals surface area contributed by atoms with Crippen LogP contribution in [0.5, 0.6) is 0 Å². The van der Waals surface area contributed by atoms with Crippen molar-refractivity contribution in [3.05, 3.63) is 0 Å². The molecule has 0 saturated heterocycles. The number of hydrogen-bond donors (Lipinski definition) is 5. The first kappa shape index (κ1) is 33.8. The topological polar surface area (TPSA) is 101 Å². The van der Waals surface area contributed by atoms with Gasteiger partial charge in [0.05, 0.1) is 26.4 Å². The fourth-order valence-corrected chi connectivity index (χ4v) is 6.60. The zero-order valence-corrected chi connectivity index (χ0v) is 23.6. The molecule has 0 aromatic heterocycles. The lowest BCUT2D eigenvalue weighted by atomic mass is 9.55. The Morgan fingerprint density at radius 1 is 0.389 bits per heavy atom. The van der Waals surface area contributed by atoms with E-state index < -0.39 is 10.8 Å². The fourth-order valence-electron chi connectivity index (χ4n) is 6.60. The molecular formula is C31H62O5. The molecule has 216 valence electrons. The summed E-state index contributed by atoms with van der Waals surface area (Å²) in [7, 11) is 0. The van der Waals surface area contributed by atoms with E-state index in [0.717, 1.165) is 32.1 Å². The molecule has 0 aromatic rings. The van der Waals surface area contributed by atoms with Crippen molar-refractivity contribution in [3.8, 4) is 0 Å². The quantitative estimate of drug-likeness (QED) is 0.287. The van der Waals surface area contributed by atoms with Crippen LogP contribution in [-0.2, 0) is 0 Å². The van der Waals surface area contributed by atoms with Crippen molar-refractivity contribution in [2.24, 2.45) is 16.7 Å². The lowest BCUT2D eigenvalue weighted by Crippen LogP contribution is -2.57. The second-order valence-electron chi connectivity index (χ2n) is 11.9. The van der Waals surface area contributed by atoms with Crippen molar-refractivity contribution in [2.75, 3.05) is 33.0 Å². The van der Waals surface area contributed by atoms with Crippen molar-refractivity contribution in [2.45, 2.75) is 148 Å². The van der Waals surface area contributed by atoms with Crippen molar-refractivity contribution in [3.63, 3.8) is 0 Å². The van der Waals surface area contributed by atoms with Gasteiger partial charge in [-0.05, 0) is 18.8 Å². The number of hydrogen-bond acceptors (Lipinski definition) is 5. The number of aliphatic hydroxyl groups excluding tert-OH is 5. The first-order chi connectivity index (χ1) is 17.7. The number of aliphatic hydroxyl groups is 5. The Bertz CT molecular complexity index is 476. The van der Waals surface area contributed by atoms with Crippen LogP contribution >= 0.6 is 0 Å². The van der Waals surface area contributed by atoms with Crippen molar-refractivity contribution >= 4 is 0 Å². The van der Waals surface area contributed by atoms with Gasteiger partial charge in [0.25, 0.3) is 0 Å². The Kier molecular flexibility index (Phi) is 20.4. The molecule has 1 saturated carbocycles. The first-order valence-corrected chi connectivity index (χ1v) is 15.7. The van der Waals surface area contributed by atoms with E-state index in [1.807, 2.05) is 0 Å². The average molecular weight is 515 g/mol. The molecule has 1 atom stereocenters. The zero-order chi connectivity index (χ0) is 26.4. The molecule has 0 aliphatic heterocycles. The standard InChI is InChI=1S/C31H62O5/c32-24-29-22-20-18-16-14-12-10-8-6-4-2-1-3-5-7-9-11-13-15-17-19-21-23-30(25-33,26-34)31(29,27-35)28-36/h29,32-36H,1-28H2. The van der Waals surface area contributed by atoms with Gasteiger partial charge in [-0.1, -0.05) is 135 Å². The molecule has 0 aromatic carbocycles. The van der Waals surface area contributed by atoms with Gasteiger partial charge in [0.1, 0.15) is 0 Å². The van der Waals surface area contributed by atoms with Gasteiger partial charge in [-0.15, -0.1) is 0 Å². The predicted octanol–water partition coefficient (Wildman–Crippen LogP) is 6.52. The summed E-state index contributed by atoms with van der Waals surface area (Å²) in [6.45, 7) is -1.41. The first-order valence-electron chi connectivity index (χ1n) is 15.7. The molecule has 0 radical (unpaired) electrons. The maximum absolute atomic E-state index is 10.5. The Balaban J connectivity index is 2.73. The second kappa shape index (κ2) is 21.7. The third-order valence-electron chi connectivity index (χ3n) is 9.44. The molecular weight excluding hydrogens is 452 g/mol. The lowest BCUT2D eigenvalue weighted by molar-refractivity contribution is -0.159. The van der Waals surface area contributed by atoms with Crippen molar-refractivity contribution in [1.29, 1.82) is 0 Å². The van der Waals surface area contributed by atoms with Crippen LogP contribution in [0.25, 0.3) is 0 Å². The maximum Gasteiger partial charge on any atom is 0.0520 e. The molecule has 1 aliphatic rings. The van der Waals surface area contributed by atoms with Crippen molar-refractivity contribution < 1.29 is 25.5 Å². The van der Waals surface area contributed by atoms with E-state index in [9.17, 15) is 25.5 Å². The highest BCUT2D eigenvalue weighted by Gasteiger charge is 2.53. The number of rotatable bonds is 5. The molecule has 5 nitrogen and oxygen atoms in total. The van der Waals surface area contributed by atoms with Crippen LogP contribution in [-0.4, -0.2) is 58.6 Å². The minimum absolute atomic E-state index is 0.150. The van der Waals surface area contributed by atoms with Crippen LogP contribution in [0.4, 0.5) is 0 Å². The van der Waals surface area contributed by atoms with Crippen LogP contribution in [0.15, 0.2) is 0 Å². The molecule has 1 unspecified atom stereocenters. The molecule has 0 amide bonds. The average Bonchev–Trinajstić information content (AvgIpc) is 2.91. The smallest absolute Gasteiger partial charge is 0.0520 e. The molecule has 5 N–H and O–H groups in total. The van der Waals surface area contributed by atoms with Gasteiger partial charge in [-0.2, -0.15) is 0 Å². The zero-order valence-electron chi connectivity index (χ0n) is 23.6. The summed E-state index contributed by atoms with van der Waals surface area (Å²) in [5, 5.41) is 52.1. The lowest BCUT2D eigenvalue weighted by Gasteiger charge is -2.51. The van der Waals surface area contributed by atoms with Crippen molar-refractivity contribution in [1.82, 2.24) is 0 Å². The summed E-state index contributed by atoms with van der Waals surface area (Å²) in [5.74, 6) is -0.342. The highest BCUT2D eigenvalue weighted by molar-refractivity contribution is 5.01. The Hall–Kier alpha value is -0.200. The molecule has 0 heterocycles. The van der Waals surface area contributed by atoms with Gasteiger partial charge < -0.3 is 25.5 Å². The highest BCUT2D eigenvalue weighted by atomic mass is 16.3. The Morgan fingerprint density at radius 3 is 0.972 bits per heavy atom. The van der Waals surface area contributed by atoms with E-state index in [1.54, 1.807) is 0 Å². The molecule has 0 spiro atoms. The summed E-state index contributed by atoms with van der Waals surface area (Å²) in [4.78, 5) is 0. The summed E-state index contributed by atoms with van der Waals surface area (Å²) < 4.78 is 0. The van der Waals surface area contributed by atoms with Crippen LogP contribution in [0.2, 0.25) is 0 Å². The van der Waals surface area contributed by atoms with Gasteiger partial charge in [-0.25, -0.2) is 0 Å². The van der Waals surface area contributed by atoms with Gasteiger partial charge in [0.15, 0.2) is 0 Å². The minimum Gasteiger partial charge on any atom is -0.396 e. The van der Waals surface area contributed by atoms with Gasteiger partial charge >= 0.3 is 0 Å². The molecule has 1 aliphatic carbocycles. The van der Waals surface area contributed by atoms with E-state index in [0.29, 0.717) is 12.8 Å². The summed E-state index contributed by atoms with van der Waals surface area (Å²) in [6.07, 6.45) is 27.5. The van der Waals surface area contributed by atoms with Crippen LogP contribution < -0.4 is 0 Å². The van der Waals surface area contributed by atoms with E-state index in [2.05, 4.69) is 0 Å². The van der Waals surface area contributed by atoms with E-state index in [-0.39, 0.29) is 39.0 Å². The third kappa shape index (κ3) is 11.7. The molecule has 36 heavy (non-hydrogen) atoms. The molecule has 1 rings (SSSR count). The highest BCUT2D eigenvalue weighted by Crippen LogP contribution is 2.49. The van der Waals surface area contributed by atoms with Crippen LogP contribution in [0.3, 0.4) is 0 Å². The van der Waals surface area contributed by atoms with Crippen LogP contribution in [0.1, 0.15) is 148 Å². The largest absolute Gasteiger partial charge is 0.396 e. The monoisotopic (exact) mass is 514 g/mol. The molecule has 0 bridgehead atoms. The van der Waals surface area contributed by atoms with Gasteiger partial charge in [0.2, 0.25) is 0 Å². The third-order valence-corrected chi connectivity index (χ3v) is 9.44. The molecule has 1 fully saturated rings. The van der Waals surface area contributed by atoms with E-state index in [1.165, 1.54) is 103 Å². The Labute approximate surface area is 223 Å². The fraction of sp³-hybridized carbons (Fsp3) is 1.00. The second-order valence-corrected chi connectivity index (χ2v) is 11.9. The maximum atomic E-state index is 10.5. The summed E-state index contributed by atoms with van der Waals surface area (Å²) >= 11 is 0. The predicted molar refractivity (Wildman–Crippen MR) is 150 cm³/mol. The van der Waals surface area contributed by atoms with Gasteiger partial charge in [0, 0.05) is 17.4 Å². The SMILES string of the molecule is OCC1CCCCCCCCCCCCCCCCCCCCCCCC(CO)(CO)C1(CO)CO. The normalized spacial score (nSPS) is 25.8. The minimum atomic E-state index is -1.09. The van der Waals surface area contributed by atoms with E-state index in [4.69, 9.17) is 0 Å². The summed E-state index contributed by atoms with van der Waals surface area (Å²) in [5.41, 5.74) is -2.08. The Morgan fingerprint density at radius 2 is 0.694 bits per heavy atom. The van der Waals surface area contributed by atoms with E-state index >= 15 is 0 Å². The van der Waals surface area contributed by atoms with Crippen LogP contribution in [0, 0.1) is 16.7 Å². The molecule has 5 heteroatoms. The summed E-state index contributed by atoms with van der Waals surface area (Å²) in [6, 6.07) is 0.